The SMILES string of the molecule is COCCN(CCC#N)S(=O)(=O)c1ccc(C)cc1C. The topological polar surface area (TPSA) is 70.4 Å². The Morgan fingerprint density at radius 3 is 2.55 bits per heavy atom. The molecule has 6 heteroatoms. The molecule has 0 aliphatic heterocycles. The van der Waals surface area contributed by atoms with Gasteiger partial charge in [-0.3, -0.25) is 0 Å². The number of rotatable bonds is 7. The molecule has 110 valence electrons. The molecule has 0 saturated heterocycles. The van der Waals surface area contributed by atoms with Crippen LogP contribution in [0.25, 0.3) is 0 Å². The number of aryl methyl sites for hydroxylation is 2. The van der Waals surface area contributed by atoms with Crippen molar-refractivity contribution in [3.8, 4) is 6.07 Å². The van der Waals surface area contributed by atoms with Crippen LogP contribution in [0, 0.1) is 25.2 Å². The number of nitrogens with zero attached hydrogens (tertiary/aromatic N) is 2. The van der Waals surface area contributed by atoms with Gasteiger partial charge in [-0.2, -0.15) is 9.57 Å². The van der Waals surface area contributed by atoms with E-state index in [0.717, 1.165) is 5.56 Å². The number of hydrogen-bond acceptors (Lipinski definition) is 4. The zero-order valence-electron chi connectivity index (χ0n) is 12.1. The van der Waals surface area contributed by atoms with E-state index in [1.54, 1.807) is 19.1 Å². The molecule has 1 aromatic rings. The van der Waals surface area contributed by atoms with E-state index in [1.807, 2.05) is 19.1 Å². The third-order valence-corrected chi connectivity index (χ3v) is 5.02. The maximum Gasteiger partial charge on any atom is 0.243 e. The molecule has 0 aliphatic rings. The van der Waals surface area contributed by atoms with E-state index >= 15 is 0 Å². The van der Waals surface area contributed by atoms with Crippen LogP contribution in [0.2, 0.25) is 0 Å². The van der Waals surface area contributed by atoms with Crippen LogP contribution in [0.1, 0.15) is 17.5 Å². The molecule has 1 rings (SSSR count). The molecule has 0 bridgehead atoms. The van der Waals surface area contributed by atoms with Gasteiger partial charge in [0, 0.05) is 26.6 Å². The zero-order valence-corrected chi connectivity index (χ0v) is 12.9. The smallest absolute Gasteiger partial charge is 0.243 e. The summed E-state index contributed by atoms with van der Waals surface area (Å²) in [7, 11) is -2.07. The van der Waals surface area contributed by atoms with Crippen molar-refractivity contribution in [1.29, 1.82) is 5.26 Å². The van der Waals surface area contributed by atoms with Gasteiger partial charge < -0.3 is 4.74 Å². The molecular weight excluding hydrogens is 276 g/mol. The summed E-state index contributed by atoms with van der Waals surface area (Å²) in [5, 5.41) is 8.67. The highest BCUT2D eigenvalue weighted by molar-refractivity contribution is 7.89. The Bertz CT molecular complexity index is 591. The lowest BCUT2D eigenvalue weighted by Crippen LogP contribution is -2.35. The number of benzene rings is 1. The molecule has 0 aliphatic carbocycles. The minimum atomic E-state index is -3.59. The van der Waals surface area contributed by atoms with Gasteiger partial charge in [-0.05, 0) is 25.5 Å². The largest absolute Gasteiger partial charge is 0.383 e. The van der Waals surface area contributed by atoms with Crippen LogP contribution in [-0.2, 0) is 14.8 Å². The standard InChI is InChI=1S/C14H20N2O3S/c1-12-5-6-14(13(2)11-12)20(17,18)16(8-4-7-15)9-10-19-3/h5-6,11H,4,8-10H2,1-3H3. The van der Waals surface area contributed by atoms with E-state index in [-0.39, 0.29) is 24.4 Å². The van der Waals surface area contributed by atoms with Crippen molar-refractivity contribution in [2.75, 3.05) is 26.8 Å². The molecule has 0 spiro atoms. The highest BCUT2D eigenvalue weighted by Crippen LogP contribution is 2.21. The van der Waals surface area contributed by atoms with E-state index < -0.39 is 10.0 Å². The van der Waals surface area contributed by atoms with Crippen molar-refractivity contribution in [3.05, 3.63) is 29.3 Å². The third-order valence-electron chi connectivity index (χ3n) is 2.97. The fourth-order valence-electron chi connectivity index (χ4n) is 1.95. The summed E-state index contributed by atoms with van der Waals surface area (Å²) in [5.74, 6) is 0. The van der Waals surface area contributed by atoms with Gasteiger partial charge in [-0.25, -0.2) is 8.42 Å². The summed E-state index contributed by atoms with van der Waals surface area (Å²) in [6.07, 6.45) is 0.161. The molecule has 20 heavy (non-hydrogen) atoms. The Labute approximate surface area is 120 Å². The third kappa shape index (κ3) is 4.04. The minimum absolute atomic E-state index is 0.161. The van der Waals surface area contributed by atoms with E-state index in [9.17, 15) is 8.42 Å². The zero-order chi connectivity index (χ0) is 15.2. The molecule has 0 fully saturated rings. The quantitative estimate of drug-likeness (QED) is 0.770. The van der Waals surface area contributed by atoms with Crippen molar-refractivity contribution in [2.24, 2.45) is 0 Å². The van der Waals surface area contributed by atoms with Crippen LogP contribution in [0.5, 0.6) is 0 Å². The average Bonchev–Trinajstić information content (AvgIpc) is 2.38. The van der Waals surface area contributed by atoms with Crippen LogP contribution >= 0.6 is 0 Å². The van der Waals surface area contributed by atoms with Crippen LogP contribution in [-0.4, -0.2) is 39.5 Å². The Hall–Kier alpha value is -1.42. The predicted molar refractivity (Wildman–Crippen MR) is 76.8 cm³/mol. The second kappa shape index (κ2) is 7.39. The number of hydrogen-bond donors (Lipinski definition) is 0. The first-order valence-electron chi connectivity index (χ1n) is 6.36. The van der Waals surface area contributed by atoms with Crippen molar-refractivity contribution in [1.82, 2.24) is 4.31 Å². The van der Waals surface area contributed by atoms with Crippen molar-refractivity contribution in [2.45, 2.75) is 25.2 Å². The van der Waals surface area contributed by atoms with Crippen LogP contribution < -0.4 is 0 Å². The lowest BCUT2D eigenvalue weighted by molar-refractivity contribution is 0.179. The van der Waals surface area contributed by atoms with Gasteiger partial charge in [-0.1, -0.05) is 17.7 Å². The maximum absolute atomic E-state index is 12.6. The van der Waals surface area contributed by atoms with Gasteiger partial charge in [0.1, 0.15) is 0 Å². The van der Waals surface area contributed by atoms with Crippen LogP contribution in [0.15, 0.2) is 23.1 Å². The summed E-state index contributed by atoms with van der Waals surface area (Å²) in [5.41, 5.74) is 1.73. The van der Waals surface area contributed by atoms with E-state index in [0.29, 0.717) is 12.2 Å². The van der Waals surface area contributed by atoms with Gasteiger partial charge >= 0.3 is 0 Å². The van der Waals surface area contributed by atoms with Crippen LogP contribution in [0.4, 0.5) is 0 Å². The molecular formula is C14H20N2O3S. The second-order valence-corrected chi connectivity index (χ2v) is 6.48. The van der Waals surface area contributed by atoms with Crippen molar-refractivity contribution >= 4 is 10.0 Å². The molecule has 0 aromatic heterocycles. The summed E-state index contributed by atoms with van der Waals surface area (Å²) < 4.78 is 31.5. The lowest BCUT2D eigenvalue weighted by Gasteiger charge is -2.22. The monoisotopic (exact) mass is 296 g/mol. The van der Waals surface area contributed by atoms with Crippen molar-refractivity contribution < 1.29 is 13.2 Å². The molecule has 0 unspecified atom stereocenters. The molecule has 0 radical (unpaired) electrons. The Kier molecular flexibility index (Phi) is 6.14. The minimum Gasteiger partial charge on any atom is -0.383 e. The van der Waals surface area contributed by atoms with Gasteiger partial charge in [0.15, 0.2) is 0 Å². The summed E-state index contributed by atoms with van der Waals surface area (Å²) >= 11 is 0. The molecule has 1 aromatic carbocycles. The molecule has 5 nitrogen and oxygen atoms in total. The van der Waals surface area contributed by atoms with Gasteiger partial charge in [-0.15, -0.1) is 0 Å². The molecule has 0 saturated carbocycles. The van der Waals surface area contributed by atoms with E-state index in [2.05, 4.69) is 0 Å². The first-order chi connectivity index (χ1) is 9.43. The number of ether oxygens (including phenoxy) is 1. The normalized spacial score (nSPS) is 11.6. The molecule has 0 amide bonds. The molecule has 0 atom stereocenters. The number of nitriles is 1. The van der Waals surface area contributed by atoms with Crippen LogP contribution in [0.3, 0.4) is 0 Å². The summed E-state index contributed by atoms with van der Waals surface area (Å²) in [6, 6.07) is 7.21. The van der Waals surface area contributed by atoms with E-state index in [4.69, 9.17) is 10.00 Å². The Morgan fingerprint density at radius 1 is 1.30 bits per heavy atom. The highest BCUT2D eigenvalue weighted by Gasteiger charge is 2.25. The maximum atomic E-state index is 12.6. The average molecular weight is 296 g/mol. The number of sulfonamides is 1. The fourth-order valence-corrected chi connectivity index (χ4v) is 3.58. The van der Waals surface area contributed by atoms with E-state index in [1.165, 1.54) is 11.4 Å². The first kappa shape index (κ1) is 16.6. The Balaban J connectivity index is 3.11. The van der Waals surface area contributed by atoms with Gasteiger partial charge in [0.25, 0.3) is 0 Å². The lowest BCUT2D eigenvalue weighted by atomic mass is 10.2. The first-order valence-corrected chi connectivity index (χ1v) is 7.80. The molecule has 0 N–H and O–H groups in total. The second-order valence-electron chi connectivity index (χ2n) is 4.57. The van der Waals surface area contributed by atoms with Crippen molar-refractivity contribution in [3.63, 3.8) is 0 Å². The summed E-state index contributed by atoms with van der Waals surface area (Å²) in [6.45, 7) is 4.42. The van der Waals surface area contributed by atoms with Gasteiger partial charge in [0.05, 0.1) is 17.6 Å². The predicted octanol–water partition coefficient (Wildman–Crippen LogP) is 1.85. The number of methoxy groups -OCH3 is 1. The fraction of sp³-hybridized carbons (Fsp3) is 0.500. The molecule has 0 heterocycles. The Morgan fingerprint density at radius 2 is 2.00 bits per heavy atom. The van der Waals surface area contributed by atoms with Gasteiger partial charge in [0.2, 0.25) is 10.0 Å². The summed E-state index contributed by atoms with van der Waals surface area (Å²) in [4.78, 5) is 0.289. The highest BCUT2D eigenvalue weighted by atomic mass is 32.2.